The van der Waals surface area contributed by atoms with Gasteiger partial charge in [-0.1, -0.05) is 16.9 Å². The van der Waals surface area contributed by atoms with Crippen LogP contribution in [0.2, 0.25) is 0 Å². The van der Waals surface area contributed by atoms with Gasteiger partial charge in [0.2, 0.25) is 0 Å². The molecule has 0 aliphatic rings. The van der Waals surface area contributed by atoms with Crippen molar-refractivity contribution in [1.82, 2.24) is 15.1 Å². The van der Waals surface area contributed by atoms with Crippen LogP contribution in [0.1, 0.15) is 16.2 Å². The molecule has 2 aromatic rings. The van der Waals surface area contributed by atoms with E-state index >= 15 is 0 Å². The van der Waals surface area contributed by atoms with Crippen LogP contribution in [-0.2, 0) is 5.75 Å². The monoisotopic (exact) mass is 253 g/mol. The lowest BCUT2D eigenvalue weighted by Gasteiger charge is -1.95. The molecule has 17 heavy (non-hydrogen) atoms. The van der Waals surface area contributed by atoms with E-state index in [1.165, 1.54) is 30.1 Å². The van der Waals surface area contributed by atoms with Gasteiger partial charge in [0, 0.05) is 18.3 Å². The molecular formula is C9H7N3O4S. The Labute approximate surface area is 98.9 Å². The van der Waals surface area contributed by atoms with Gasteiger partial charge in [0.1, 0.15) is 5.76 Å². The molecule has 0 spiro atoms. The van der Waals surface area contributed by atoms with E-state index in [-0.39, 0.29) is 11.3 Å². The summed E-state index contributed by atoms with van der Waals surface area (Å²) < 4.78 is 4.81. The molecule has 2 rings (SSSR count). The van der Waals surface area contributed by atoms with Crippen LogP contribution in [0.25, 0.3) is 0 Å². The molecule has 0 saturated carbocycles. The number of aromatic amines is 1. The van der Waals surface area contributed by atoms with Crippen LogP contribution in [0, 0.1) is 0 Å². The van der Waals surface area contributed by atoms with Crippen molar-refractivity contribution in [2.75, 3.05) is 0 Å². The highest BCUT2D eigenvalue weighted by Crippen LogP contribution is 2.18. The van der Waals surface area contributed by atoms with E-state index in [2.05, 4.69) is 15.1 Å². The van der Waals surface area contributed by atoms with Crippen LogP contribution < -0.4 is 5.56 Å². The van der Waals surface area contributed by atoms with Gasteiger partial charge in [-0.2, -0.15) is 0 Å². The van der Waals surface area contributed by atoms with Gasteiger partial charge in [-0.3, -0.25) is 4.79 Å². The summed E-state index contributed by atoms with van der Waals surface area (Å²) >= 11 is 1.22. The lowest BCUT2D eigenvalue weighted by atomic mass is 10.4. The Morgan fingerprint density at radius 2 is 2.41 bits per heavy atom. The van der Waals surface area contributed by atoms with E-state index in [1.54, 1.807) is 0 Å². The summed E-state index contributed by atoms with van der Waals surface area (Å²) in [6.45, 7) is 0. The van der Waals surface area contributed by atoms with Gasteiger partial charge in [-0.15, -0.1) is 0 Å². The Morgan fingerprint density at radius 1 is 1.59 bits per heavy atom. The number of nitrogens with one attached hydrogen (secondary N) is 1. The van der Waals surface area contributed by atoms with Crippen molar-refractivity contribution in [3.05, 3.63) is 40.1 Å². The zero-order valence-electron chi connectivity index (χ0n) is 8.41. The summed E-state index contributed by atoms with van der Waals surface area (Å²) in [6, 6.07) is 2.64. The van der Waals surface area contributed by atoms with Crippen molar-refractivity contribution < 1.29 is 14.4 Å². The van der Waals surface area contributed by atoms with Crippen molar-refractivity contribution in [2.24, 2.45) is 0 Å². The van der Waals surface area contributed by atoms with Gasteiger partial charge >= 0.3 is 5.97 Å². The van der Waals surface area contributed by atoms with E-state index in [0.29, 0.717) is 16.7 Å². The fraction of sp³-hybridized carbons (Fsp3) is 0.111. The Kier molecular flexibility index (Phi) is 3.24. The largest absolute Gasteiger partial charge is 0.476 e. The van der Waals surface area contributed by atoms with Crippen LogP contribution >= 0.6 is 11.8 Å². The molecule has 2 heterocycles. The molecular weight excluding hydrogens is 246 g/mol. The van der Waals surface area contributed by atoms with E-state index in [4.69, 9.17) is 9.63 Å². The second-order valence-electron chi connectivity index (χ2n) is 3.01. The van der Waals surface area contributed by atoms with Crippen LogP contribution in [0.5, 0.6) is 0 Å². The number of aromatic carboxylic acids is 1. The minimum absolute atomic E-state index is 0.143. The molecule has 2 aromatic heterocycles. The van der Waals surface area contributed by atoms with E-state index < -0.39 is 5.97 Å². The number of nitrogens with zero attached hydrogens (tertiary/aromatic N) is 2. The van der Waals surface area contributed by atoms with E-state index in [9.17, 15) is 9.59 Å². The van der Waals surface area contributed by atoms with Gasteiger partial charge in [0.15, 0.2) is 10.9 Å². The lowest BCUT2D eigenvalue weighted by Crippen LogP contribution is -2.05. The maximum Gasteiger partial charge on any atom is 0.358 e. The number of carboxylic acids is 1. The quantitative estimate of drug-likeness (QED) is 0.611. The number of carbonyl (C=O) groups is 1. The first-order valence-corrected chi connectivity index (χ1v) is 5.51. The van der Waals surface area contributed by atoms with Crippen LogP contribution in [-0.4, -0.2) is 26.2 Å². The van der Waals surface area contributed by atoms with Crippen molar-refractivity contribution in [1.29, 1.82) is 0 Å². The molecule has 88 valence electrons. The number of carboxylic acid groups (broad SMARTS) is 1. The molecule has 0 bridgehead atoms. The molecule has 0 atom stereocenters. The van der Waals surface area contributed by atoms with Crippen LogP contribution in [0.4, 0.5) is 0 Å². The zero-order valence-corrected chi connectivity index (χ0v) is 9.23. The Hall–Kier alpha value is -2.09. The van der Waals surface area contributed by atoms with Gasteiger partial charge in [-0.25, -0.2) is 9.78 Å². The highest BCUT2D eigenvalue weighted by Gasteiger charge is 2.11. The molecule has 0 aliphatic heterocycles. The van der Waals surface area contributed by atoms with E-state index in [0.717, 1.165) is 0 Å². The fourth-order valence-electron chi connectivity index (χ4n) is 1.05. The Morgan fingerprint density at radius 3 is 3.06 bits per heavy atom. The first-order valence-electron chi connectivity index (χ1n) is 4.52. The Balaban J connectivity index is 2.02. The first kappa shape index (κ1) is 11.4. The Bertz CT molecular complexity index is 592. The van der Waals surface area contributed by atoms with Gasteiger partial charge < -0.3 is 14.6 Å². The fourth-order valence-corrected chi connectivity index (χ4v) is 1.77. The molecule has 2 N–H and O–H groups in total. The average molecular weight is 253 g/mol. The topological polar surface area (TPSA) is 109 Å². The number of rotatable bonds is 4. The van der Waals surface area contributed by atoms with Gasteiger partial charge in [0.05, 0.1) is 5.75 Å². The highest BCUT2D eigenvalue weighted by molar-refractivity contribution is 7.98. The second-order valence-corrected chi connectivity index (χ2v) is 3.98. The number of hydrogen-bond acceptors (Lipinski definition) is 6. The number of H-pyrrole nitrogens is 1. The molecule has 0 fully saturated rings. The number of hydrogen-bond donors (Lipinski definition) is 2. The van der Waals surface area contributed by atoms with Crippen molar-refractivity contribution in [3.8, 4) is 0 Å². The summed E-state index contributed by atoms with van der Waals surface area (Å²) in [7, 11) is 0. The van der Waals surface area contributed by atoms with Crippen molar-refractivity contribution in [3.63, 3.8) is 0 Å². The summed E-state index contributed by atoms with van der Waals surface area (Å²) in [6.07, 6.45) is 1.39. The summed E-state index contributed by atoms with van der Waals surface area (Å²) in [5, 5.41) is 12.4. The standard InChI is InChI=1S/C9H7N3O4S/c13-7-1-2-10-9(11-7)17-4-5-3-6(8(14)15)12-16-5/h1-3H,4H2,(H,14,15)(H,10,11,13). The predicted molar refractivity (Wildman–Crippen MR) is 57.9 cm³/mol. The summed E-state index contributed by atoms with van der Waals surface area (Å²) in [4.78, 5) is 28.0. The molecule has 0 saturated heterocycles. The van der Waals surface area contributed by atoms with Crippen LogP contribution in [0.15, 0.2) is 32.8 Å². The smallest absolute Gasteiger partial charge is 0.358 e. The normalized spacial score (nSPS) is 10.4. The third-order valence-electron chi connectivity index (χ3n) is 1.78. The zero-order chi connectivity index (χ0) is 12.3. The molecule has 8 heteroatoms. The number of aromatic nitrogens is 3. The average Bonchev–Trinajstić information content (AvgIpc) is 2.75. The minimum atomic E-state index is -1.14. The second kappa shape index (κ2) is 4.83. The summed E-state index contributed by atoms with van der Waals surface area (Å²) in [5.41, 5.74) is -0.388. The van der Waals surface area contributed by atoms with E-state index in [1.807, 2.05) is 0 Å². The minimum Gasteiger partial charge on any atom is -0.476 e. The highest BCUT2D eigenvalue weighted by atomic mass is 32.2. The third kappa shape index (κ3) is 2.94. The molecule has 7 nitrogen and oxygen atoms in total. The lowest BCUT2D eigenvalue weighted by molar-refractivity contribution is 0.0685. The molecule has 0 unspecified atom stereocenters. The molecule has 0 aromatic carbocycles. The maximum absolute atomic E-state index is 11.0. The van der Waals surface area contributed by atoms with Crippen molar-refractivity contribution in [2.45, 2.75) is 10.9 Å². The van der Waals surface area contributed by atoms with Crippen LogP contribution in [0.3, 0.4) is 0 Å². The third-order valence-corrected chi connectivity index (χ3v) is 2.69. The molecule has 0 radical (unpaired) electrons. The first-order chi connectivity index (χ1) is 8.15. The van der Waals surface area contributed by atoms with Gasteiger partial charge in [-0.05, 0) is 0 Å². The number of thioether (sulfide) groups is 1. The van der Waals surface area contributed by atoms with Crippen molar-refractivity contribution >= 4 is 17.7 Å². The predicted octanol–water partition coefficient (Wildman–Crippen LogP) is 0.748. The molecule has 0 amide bonds. The SMILES string of the molecule is O=C(O)c1cc(CSc2nccc(=O)[nH]2)on1. The van der Waals surface area contributed by atoms with Gasteiger partial charge in [0.25, 0.3) is 5.56 Å². The molecule has 0 aliphatic carbocycles. The maximum atomic E-state index is 11.0. The summed E-state index contributed by atoms with van der Waals surface area (Å²) in [5.74, 6) is -0.400.